The molecule has 0 saturated heterocycles. The zero-order valence-corrected chi connectivity index (χ0v) is 6.34. The highest BCUT2D eigenvalue weighted by Gasteiger charge is 2.17. The number of nitrogens with one attached hydrogen (secondary N) is 1. The SMILES string of the molecule is CC(C)(C)c1nc(O)n[nH]1. The lowest BCUT2D eigenvalue weighted by atomic mass is 9.96. The fourth-order valence-corrected chi connectivity index (χ4v) is 0.588. The predicted molar refractivity (Wildman–Crippen MR) is 36.7 cm³/mol. The van der Waals surface area contributed by atoms with E-state index in [1.54, 1.807) is 0 Å². The number of aromatic nitrogens is 3. The van der Waals surface area contributed by atoms with E-state index in [4.69, 9.17) is 5.11 Å². The first kappa shape index (κ1) is 7.05. The van der Waals surface area contributed by atoms with Crippen LogP contribution >= 0.6 is 0 Å². The molecule has 1 aromatic heterocycles. The molecule has 4 heteroatoms. The van der Waals surface area contributed by atoms with Crippen LogP contribution in [0, 0.1) is 0 Å². The molecule has 56 valence electrons. The smallest absolute Gasteiger partial charge is 0.332 e. The van der Waals surface area contributed by atoms with Gasteiger partial charge in [0.05, 0.1) is 0 Å². The molecule has 4 nitrogen and oxygen atoms in total. The molecule has 0 aliphatic rings. The molecule has 1 aromatic rings. The number of aromatic amines is 1. The standard InChI is InChI=1S/C6H11N3O/c1-6(2,3)4-7-5(10)9-8-4/h1-3H3,(H2,7,8,9,10). The third kappa shape index (κ3) is 1.26. The van der Waals surface area contributed by atoms with Crippen LogP contribution in [-0.2, 0) is 5.41 Å². The van der Waals surface area contributed by atoms with Crippen LogP contribution < -0.4 is 0 Å². The van der Waals surface area contributed by atoms with Gasteiger partial charge in [-0.25, -0.2) is 0 Å². The number of hydrogen-bond donors (Lipinski definition) is 2. The van der Waals surface area contributed by atoms with E-state index in [1.807, 2.05) is 20.8 Å². The minimum absolute atomic E-state index is 0.0754. The highest BCUT2D eigenvalue weighted by molar-refractivity contribution is 5.03. The van der Waals surface area contributed by atoms with E-state index in [9.17, 15) is 0 Å². The van der Waals surface area contributed by atoms with Crippen LogP contribution in [-0.4, -0.2) is 20.3 Å². The lowest BCUT2D eigenvalue weighted by molar-refractivity contribution is 0.430. The van der Waals surface area contributed by atoms with Crippen LogP contribution in [0.4, 0.5) is 0 Å². The lowest BCUT2D eigenvalue weighted by Gasteiger charge is -2.12. The Morgan fingerprint density at radius 1 is 1.40 bits per heavy atom. The van der Waals surface area contributed by atoms with Gasteiger partial charge >= 0.3 is 6.01 Å². The van der Waals surface area contributed by atoms with Gasteiger partial charge in [-0.1, -0.05) is 20.8 Å². The van der Waals surface area contributed by atoms with E-state index < -0.39 is 0 Å². The van der Waals surface area contributed by atoms with Gasteiger partial charge in [0.1, 0.15) is 5.82 Å². The summed E-state index contributed by atoms with van der Waals surface area (Å²) < 4.78 is 0. The number of hydrogen-bond acceptors (Lipinski definition) is 3. The van der Waals surface area contributed by atoms with E-state index in [0.717, 1.165) is 0 Å². The summed E-state index contributed by atoms with van der Waals surface area (Å²) in [6, 6.07) is -0.190. The Labute approximate surface area is 59.3 Å². The normalized spacial score (nSPS) is 11.9. The lowest BCUT2D eigenvalue weighted by Crippen LogP contribution is -2.13. The summed E-state index contributed by atoms with van der Waals surface area (Å²) in [5, 5.41) is 14.9. The third-order valence-electron chi connectivity index (χ3n) is 1.18. The Morgan fingerprint density at radius 3 is 2.20 bits per heavy atom. The molecular formula is C6H11N3O. The molecule has 0 spiro atoms. The first-order valence-electron chi connectivity index (χ1n) is 3.12. The van der Waals surface area contributed by atoms with E-state index >= 15 is 0 Å². The summed E-state index contributed by atoms with van der Waals surface area (Å²) in [7, 11) is 0. The Bertz CT molecular complexity index is 223. The summed E-state index contributed by atoms with van der Waals surface area (Å²) in [6.45, 7) is 5.98. The van der Waals surface area contributed by atoms with Gasteiger partial charge in [0.2, 0.25) is 0 Å². The largest absolute Gasteiger partial charge is 0.478 e. The zero-order valence-electron chi connectivity index (χ0n) is 6.34. The van der Waals surface area contributed by atoms with E-state index in [0.29, 0.717) is 5.82 Å². The van der Waals surface area contributed by atoms with Crippen molar-refractivity contribution >= 4 is 0 Å². The second kappa shape index (κ2) is 1.97. The number of H-pyrrole nitrogens is 1. The number of rotatable bonds is 0. The van der Waals surface area contributed by atoms with Gasteiger partial charge in [-0.2, -0.15) is 4.98 Å². The quantitative estimate of drug-likeness (QED) is 0.562. The fraction of sp³-hybridized carbons (Fsp3) is 0.667. The fourth-order valence-electron chi connectivity index (χ4n) is 0.588. The molecule has 0 bridgehead atoms. The summed E-state index contributed by atoms with van der Waals surface area (Å²) in [5.41, 5.74) is -0.0754. The van der Waals surface area contributed by atoms with E-state index in [2.05, 4.69) is 15.2 Å². The van der Waals surface area contributed by atoms with Crippen LogP contribution in [0.5, 0.6) is 6.01 Å². The average molecular weight is 141 g/mol. The number of nitrogens with zero attached hydrogens (tertiary/aromatic N) is 2. The van der Waals surface area contributed by atoms with Crippen molar-refractivity contribution in [2.75, 3.05) is 0 Å². The second-order valence-corrected chi connectivity index (χ2v) is 3.23. The minimum atomic E-state index is -0.190. The monoisotopic (exact) mass is 141 g/mol. The molecule has 0 unspecified atom stereocenters. The molecule has 2 N–H and O–H groups in total. The topological polar surface area (TPSA) is 61.8 Å². The van der Waals surface area contributed by atoms with Crippen molar-refractivity contribution in [2.45, 2.75) is 26.2 Å². The molecule has 1 rings (SSSR count). The van der Waals surface area contributed by atoms with Crippen molar-refractivity contribution in [1.29, 1.82) is 0 Å². The van der Waals surface area contributed by atoms with Crippen LogP contribution in [0.2, 0.25) is 0 Å². The molecule has 0 aliphatic heterocycles. The highest BCUT2D eigenvalue weighted by atomic mass is 16.3. The Hall–Kier alpha value is -1.06. The molecule has 0 amide bonds. The number of aromatic hydroxyl groups is 1. The van der Waals surface area contributed by atoms with E-state index in [1.165, 1.54) is 0 Å². The summed E-state index contributed by atoms with van der Waals surface area (Å²) >= 11 is 0. The van der Waals surface area contributed by atoms with Crippen molar-refractivity contribution in [1.82, 2.24) is 15.2 Å². The third-order valence-corrected chi connectivity index (χ3v) is 1.18. The van der Waals surface area contributed by atoms with Gasteiger partial charge in [-0.05, 0) is 0 Å². The maximum absolute atomic E-state index is 8.76. The van der Waals surface area contributed by atoms with Crippen LogP contribution in [0.1, 0.15) is 26.6 Å². The van der Waals surface area contributed by atoms with Gasteiger partial charge in [0.15, 0.2) is 0 Å². The Kier molecular flexibility index (Phi) is 1.39. The molecule has 10 heavy (non-hydrogen) atoms. The Balaban J connectivity index is 2.96. The van der Waals surface area contributed by atoms with E-state index in [-0.39, 0.29) is 11.4 Å². The van der Waals surface area contributed by atoms with Gasteiger partial charge in [0, 0.05) is 5.41 Å². The van der Waals surface area contributed by atoms with Crippen LogP contribution in [0.15, 0.2) is 0 Å². The molecule has 0 radical (unpaired) electrons. The maximum atomic E-state index is 8.76. The van der Waals surface area contributed by atoms with Gasteiger partial charge in [0.25, 0.3) is 0 Å². The summed E-state index contributed by atoms with van der Waals surface area (Å²) in [4.78, 5) is 3.77. The maximum Gasteiger partial charge on any atom is 0.332 e. The summed E-state index contributed by atoms with van der Waals surface area (Å²) in [6.07, 6.45) is 0. The predicted octanol–water partition coefficient (Wildman–Crippen LogP) is 0.808. The minimum Gasteiger partial charge on any atom is -0.478 e. The molecule has 0 fully saturated rings. The molecule has 0 aliphatic carbocycles. The molecular weight excluding hydrogens is 130 g/mol. The van der Waals surface area contributed by atoms with Crippen molar-refractivity contribution < 1.29 is 5.11 Å². The van der Waals surface area contributed by atoms with Crippen molar-refractivity contribution in [3.63, 3.8) is 0 Å². The van der Waals surface area contributed by atoms with Crippen LogP contribution in [0.3, 0.4) is 0 Å². The molecule has 1 heterocycles. The summed E-state index contributed by atoms with van der Waals surface area (Å²) in [5.74, 6) is 0.699. The van der Waals surface area contributed by atoms with Gasteiger partial charge < -0.3 is 5.11 Å². The van der Waals surface area contributed by atoms with Crippen molar-refractivity contribution in [3.8, 4) is 6.01 Å². The zero-order chi connectivity index (χ0) is 7.78. The van der Waals surface area contributed by atoms with Gasteiger partial charge in [-0.15, -0.1) is 5.10 Å². The second-order valence-electron chi connectivity index (χ2n) is 3.23. The van der Waals surface area contributed by atoms with Crippen molar-refractivity contribution in [2.24, 2.45) is 0 Å². The first-order chi connectivity index (χ1) is 4.50. The first-order valence-corrected chi connectivity index (χ1v) is 3.12. The van der Waals surface area contributed by atoms with Crippen molar-refractivity contribution in [3.05, 3.63) is 5.82 Å². The Morgan fingerprint density at radius 2 is 2.00 bits per heavy atom. The molecule has 0 aromatic carbocycles. The highest BCUT2D eigenvalue weighted by Crippen LogP contribution is 2.18. The molecule has 0 saturated carbocycles. The molecule has 0 atom stereocenters. The van der Waals surface area contributed by atoms with Crippen LogP contribution in [0.25, 0.3) is 0 Å². The average Bonchev–Trinajstić information content (AvgIpc) is 2.11. The van der Waals surface area contributed by atoms with Gasteiger partial charge in [-0.3, -0.25) is 5.10 Å².